The van der Waals surface area contributed by atoms with Gasteiger partial charge in [0.1, 0.15) is 4.88 Å². The summed E-state index contributed by atoms with van der Waals surface area (Å²) in [7, 11) is 0. The highest BCUT2D eigenvalue weighted by atomic mass is 32.1. The van der Waals surface area contributed by atoms with E-state index in [4.69, 9.17) is 0 Å². The molecule has 2 amide bonds. The van der Waals surface area contributed by atoms with Crippen LogP contribution in [-0.2, 0) is 6.42 Å². The monoisotopic (exact) mass is 394 g/mol. The Morgan fingerprint density at radius 3 is 2.79 bits per heavy atom. The molecule has 0 spiro atoms. The minimum absolute atomic E-state index is 0.286. The molecule has 0 aromatic carbocycles. The molecule has 3 aromatic rings. The van der Waals surface area contributed by atoms with Crippen LogP contribution in [0.4, 0.5) is 9.93 Å². The summed E-state index contributed by atoms with van der Waals surface area (Å²) in [5, 5.41) is 6.12. The molecule has 0 aliphatic rings. The molecule has 3 rings (SSSR count). The van der Waals surface area contributed by atoms with Crippen LogP contribution in [0.3, 0.4) is 0 Å². The zero-order valence-electron chi connectivity index (χ0n) is 16.1. The highest BCUT2D eigenvalue weighted by molar-refractivity contribution is 7.16. The third kappa shape index (κ3) is 5.41. The van der Waals surface area contributed by atoms with Crippen molar-refractivity contribution in [1.82, 2.24) is 24.8 Å². The van der Waals surface area contributed by atoms with Gasteiger partial charge in [-0.1, -0.05) is 17.3 Å². The molecule has 0 unspecified atom stereocenters. The maximum atomic E-state index is 12.1. The number of pyridine rings is 1. The Labute approximate surface area is 168 Å². The van der Waals surface area contributed by atoms with Crippen molar-refractivity contribution in [1.29, 1.82) is 0 Å². The van der Waals surface area contributed by atoms with E-state index >= 15 is 0 Å². The molecule has 2 N–H and O–H groups in total. The van der Waals surface area contributed by atoms with Gasteiger partial charge in [-0.25, -0.2) is 14.8 Å². The average Bonchev–Trinajstić information content (AvgIpc) is 3.27. The molecule has 0 radical (unpaired) electrons. The lowest BCUT2D eigenvalue weighted by Gasteiger charge is -2.05. The van der Waals surface area contributed by atoms with Crippen molar-refractivity contribution < 1.29 is 4.79 Å². The van der Waals surface area contributed by atoms with E-state index in [1.165, 1.54) is 11.3 Å². The Balaban J connectivity index is 1.51. The van der Waals surface area contributed by atoms with E-state index in [-0.39, 0.29) is 6.03 Å². The normalized spacial score (nSPS) is 10.4. The van der Waals surface area contributed by atoms with Gasteiger partial charge in [0, 0.05) is 43.2 Å². The van der Waals surface area contributed by atoms with Crippen molar-refractivity contribution in [3.05, 3.63) is 58.9 Å². The van der Waals surface area contributed by atoms with Gasteiger partial charge in [-0.15, -0.1) is 0 Å². The number of urea groups is 1. The second-order valence-corrected chi connectivity index (χ2v) is 7.46. The summed E-state index contributed by atoms with van der Waals surface area (Å²) in [4.78, 5) is 25.6. The van der Waals surface area contributed by atoms with Crippen molar-refractivity contribution in [3.63, 3.8) is 0 Å². The summed E-state index contributed by atoms with van der Waals surface area (Å²) < 4.78 is 2.04. The molecular weight excluding hydrogens is 372 g/mol. The molecule has 3 aromatic heterocycles. The lowest BCUT2D eigenvalue weighted by Crippen LogP contribution is -2.30. The fraction of sp³-hybridized carbons (Fsp3) is 0.300. The fourth-order valence-electron chi connectivity index (χ4n) is 2.37. The van der Waals surface area contributed by atoms with Crippen LogP contribution in [0, 0.1) is 18.8 Å². The van der Waals surface area contributed by atoms with E-state index < -0.39 is 0 Å². The number of hydrogen-bond donors (Lipinski definition) is 2. The number of hydrogen-bond acceptors (Lipinski definition) is 5. The highest BCUT2D eigenvalue weighted by Gasteiger charge is 2.09. The van der Waals surface area contributed by atoms with Gasteiger partial charge in [0.2, 0.25) is 0 Å². The number of carbonyl (C=O) groups is 1. The smallest absolute Gasteiger partial charge is 0.321 e. The van der Waals surface area contributed by atoms with E-state index in [2.05, 4.69) is 51.3 Å². The summed E-state index contributed by atoms with van der Waals surface area (Å²) >= 11 is 1.36. The summed E-state index contributed by atoms with van der Waals surface area (Å²) in [6, 6.07) is 3.78. The minimum Gasteiger partial charge on any atom is -0.337 e. The van der Waals surface area contributed by atoms with E-state index in [0.29, 0.717) is 24.1 Å². The van der Waals surface area contributed by atoms with Crippen LogP contribution in [0.5, 0.6) is 0 Å². The Morgan fingerprint density at radius 1 is 1.29 bits per heavy atom. The quantitative estimate of drug-likeness (QED) is 0.650. The van der Waals surface area contributed by atoms with Crippen molar-refractivity contribution in [3.8, 4) is 11.8 Å². The largest absolute Gasteiger partial charge is 0.337 e. The van der Waals surface area contributed by atoms with Gasteiger partial charge < -0.3 is 9.88 Å². The second-order valence-electron chi connectivity index (χ2n) is 6.46. The number of aromatic nitrogens is 4. The Morgan fingerprint density at radius 2 is 2.07 bits per heavy atom. The number of amides is 2. The number of anilines is 1. The van der Waals surface area contributed by atoms with Crippen LogP contribution in [0.1, 0.15) is 41.7 Å². The summed E-state index contributed by atoms with van der Waals surface area (Å²) in [5.41, 5.74) is 2.63. The van der Waals surface area contributed by atoms with Crippen molar-refractivity contribution in [2.75, 3.05) is 11.9 Å². The number of nitrogens with zero attached hydrogens (tertiary/aromatic N) is 4. The van der Waals surface area contributed by atoms with Gasteiger partial charge in [-0.2, -0.15) is 0 Å². The van der Waals surface area contributed by atoms with Crippen molar-refractivity contribution in [2.45, 2.75) is 33.2 Å². The van der Waals surface area contributed by atoms with Gasteiger partial charge in [0.05, 0.1) is 17.7 Å². The Kier molecular flexibility index (Phi) is 6.40. The SMILES string of the molecule is Cc1nc(NC(=O)NCCc2cn(C(C)C)cn2)sc1C#Cc1ccncc1. The number of rotatable bonds is 5. The van der Waals surface area contributed by atoms with Crippen LogP contribution >= 0.6 is 11.3 Å². The molecule has 0 aliphatic carbocycles. The maximum absolute atomic E-state index is 12.1. The summed E-state index contributed by atoms with van der Waals surface area (Å²) in [6.07, 6.45) is 7.89. The molecule has 28 heavy (non-hydrogen) atoms. The van der Waals surface area contributed by atoms with Crippen molar-refractivity contribution in [2.24, 2.45) is 0 Å². The Bertz CT molecular complexity index is 997. The number of thiazole rings is 1. The molecule has 0 aliphatic heterocycles. The van der Waals surface area contributed by atoms with Crippen LogP contribution in [0.2, 0.25) is 0 Å². The van der Waals surface area contributed by atoms with Crippen LogP contribution < -0.4 is 10.6 Å². The number of carbonyl (C=O) groups excluding carboxylic acids is 1. The molecule has 0 atom stereocenters. The molecule has 144 valence electrons. The first-order chi connectivity index (χ1) is 13.5. The lowest BCUT2D eigenvalue weighted by molar-refractivity contribution is 0.252. The van der Waals surface area contributed by atoms with E-state index in [9.17, 15) is 4.79 Å². The third-order valence-electron chi connectivity index (χ3n) is 3.94. The Hall–Kier alpha value is -3.18. The second kappa shape index (κ2) is 9.15. The zero-order chi connectivity index (χ0) is 19.9. The number of aryl methyl sites for hydroxylation is 1. The first kappa shape index (κ1) is 19.6. The van der Waals surface area contributed by atoms with Gasteiger partial charge in [0.15, 0.2) is 5.13 Å². The zero-order valence-corrected chi connectivity index (χ0v) is 16.9. The van der Waals surface area contributed by atoms with Crippen molar-refractivity contribution >= 4 is 22.5 Å². The molecule has 0 fully saturated rings. The molecule has 0 saturated heterocycles. The molecule has 8 heteroatoms. The van der Waals surface area contributed by atoms with Gasteiger partial charge >= 0.3 is 6.03 Å². The minimum atomic E-state index is -0.286. The lowest BCUT2D eigenvalue weighted by atomic mass is 10.2. The fourth-order valence-corrected chi connectivity index (χ4v) is 3.18. The summed E-state index contributed by atoms with van der Waals surface area (Å²) in [6.45, 7) is 6.58. The average molecular weight is 395 g/mol. The molecule has 0 bridgehead atoms. The van der Waals surface area contributed by atoms with Gasteiger partial charge in [-0.05, 0) is 38.8 Å². The predicted octanol–water partition coefficient (Wildman–Crippen LogP) is 3.39. The standard InChI is InChI=1S/C20H22N6OS/c1-14(2)26-12-17(23-13-26)8-11-22-19(27)25-20-24-15(3)18(28-20)5-4-16-6-9-21-10-7-16/h6-7,9-10,12-14H,8,11H2,1-3H3,(H2,22,24,25,27). The van der Waals surface area contributed by atoms with Crippen LogP contribution in [-0.4, -0.2) is 32.1 Å². The predicted molar refractivity (Wildman–Crippen MR) is 110 cm³/mol. The first-order valence-corrected chi connectivity index (χ1v) is 9.79. The van der Waals surface area contributed by atoms with Crippen LogP contribution in [0.25, 0.3) is 0 Å². The van der Waals surface area contributed by atoms with E-state index in [1.807, 2.05) is 36.1 Å². The third-order valence-corrected chi connectivity index (χ3v) is 4.92. The van der Waals surface area contributed by atoms with E-state index in [1.54, 1.807) is 12.4 Å². The number of nitrogens with one attached hydrogen (secondary N) is 2. The van der Waals surface area contributed by atoms with Gasteiger partial charge in [0.25, 0.3) is 0 Å². The molecule has 0 saturated carbocycles. The topological polar surface area (TPSA) is 84.7 Å². The highest BCUT2D eigenvalue weighted by Crippen LogP contribution is 2.21. The van der Waals surface area contributed by atoms with Gasteiger partial charge in [-0.3, -0.25) is 10.3 Å². The maximum Gasteiger partial charge on any atom is 0.321 e. The first-order valence-electron chi connectivity index (χ1n) is 8.98. The molecule has 3 heterocycles. The number of imidazole rings is 1. The van der Waals surface area contributed by atoms with Crippen LogP contribution in [0.15, 0.2) is 37.1 Å². The molecule has 7 nitrogen and oxygen atoms in total. The summed E-state index contributed by atoms with van der Waals surface area (Å²) in [5.74, 6) is 6.17. The molecular formula is C20H22N6OS. The van der Waals surface area contributed by atoms with E-state index in [0.717, 1.165) is 21.8 Å².